The Bertz CT molecular complexity index is 1070. The van der Waals surface area contributed by atoms with Crippen molar-refractivity contribution in [2.75, 3.05) is 31.8 Å². The minimum atomic E-state index is -3.15. The fourth-order valence-electron chi connectivity index (χ4n) is 4.52. The fraction of sp³-hybridized carbons (Fsp3) is 0.650. The maximum absolute atomic E-state index is 13.1. The third-order valence-electron chi connectivity index (χ3n) is 6.09. The molecule has 2 aromatic rings. The predicted octanol–water partition coefficient (Wildman–Crippen LogP) is 1.89. The van der Waals surface area contributed by atoms with Crippen LogP contribution >= 0.6 is 0 Å². The van der Waals surface area contributed by atoms with Crippen LogP contribution in [0.3, 0.4) is 0 Å². The molecule has 0 bridgehead atoms. The molecule has 0 radical (unpaired) electrons. The second-order valence-corrected chi connectivity index (χ2v) is 10.3. The molecule has 0 spiro atoms. The number of piperidine rings is 1. The molecule has 0 amide bonds. The van der Waals surface area contributed by atoms with Gasteiger partial charge in [-0.3, -0.25) is 9.36 Å². The van der Waals surface area contributed by atoms with E-state index in [-0.39, 0.29) is 24.2 Å². The average Bonchev–Trinajstić information content (AvgIpc) is 3.23. The minimum Gasteiger partial charge on any atom is -0.380 e. The van der Waals surface area contributed by atoms with E-state index in [0.29, 0.717) is 43.1 Å². The molecule has 1 N–H and O–H groups in total. The van der Waals surface area contributed by atoms with E-state index in [0.717, 1.165) is 31.1 Å². The summed E-state index contributed by atoms with van der Waals surface area (Å²) in [6.07, 6.45) is 8.55. The summed E-state index contributed by atoms with van der Waals surface area (Å²) in [6.45, 7) is 1.23. The number of nitrogens with zero attached hydrogens (tertiary/aromatic N) is 4. The van der Waals surface area contributed by atoms with Gasteiger partial charge in [0.1, 0.15) is 5.65 Å². The molecule has 1 aliphatic carbocycles. The Morgan fingerprint density at radius 1 is 1.20 bits per heavy atom. The zero-order valence-electron chi connectivity index (χ0n) is 17.5. The van der Waals surface area contributed by atoms with Crippen LogP contribution in [0.15, 0.2) is 17.1 Å². The van der Waals surface area contributed by atoms with Gasteiger partial charge in [0.25, 0.3) is 5.56 Å². The minimum absolute atomic E-state index is 0.0395. The molecule has 0 aromatic carbocycles. The van der Waals surface area contributed by atoms with Gasteiger partial charge < -0.3 is 10.1 Å². The van der Waals surface area contributed by atoms with E-state index in [2.05, 4.69) is 10.3 Å². The van der Waals surface area contributed by atoms with Crippen molar-refractivity contribution in [2.24, 2.45) is 0 Å². The fourth-order valence-corrected chi connectivity index (χ4v) is 5.40. The summed E-state index contributed by atoms with van der Waals surface area (Å²) in [5.41, 5.74) is 1.23. The molecule has 1 saturated carbocycles. The monoisotopic (exact) mass is 435 g/mol. The highest BCUT2D eigenvalue weighted by atomic mass is 32.2. The Balaban J connectivity index is 1.62. The Kier molecular flexibility index (Phi) is 6.08. The molecule has 10 heteroatoms. The van der Waals surface area contributed by atoms with Gasteiger partial charge in [0.2, 0.25) is 16.0 Å². The molecule has 164 valence electrons. The predicted molar refractivity (Wildman–Crippen MR) is 115 cm³/mol. The SMILES string of the molecule is COCc1cc2cnc(NC3CCN(S(C)(=O)=O)CC3)nc2n(C2CCCC2)c1=O. The topological polar surface area (TPSA) is 106 Å². The lowest BCUT2D eigenvalue weighted by Gasteiger charge is -2.30. The normalized spacial score (nSPS) is 19.5. The number of methoxy groups -OCH3 is 1. The summed E-state index contributed by atoms with van der Waals surface area (Å²) >= 11 is 0. The first-order valence-electron chi connectivity index (χ1n) is 10.5. The van der Waals surface area contributed by atoms with Crippen molar-refractivity contribution in [1.82, 2.24) is 18.8 Å². The standard InChI is InChI=1S/C20H29N5O4S/c1-29-13-15-11-14-12-21-20(22-16-7-9-24(10-8-16)30(2,27)28)23-18(14)25(19(15)26)17-5-3-4-6-17/h11-12,16-17H,3-10,13H2,1-2H3,(H,21,22,23). The third-order valence-corrected chi connectivity index (χ3v) is 7.40. The summed E-state index contributed by atoms with van der Waals surface area (Å²) in [5, 5.41) is 4.16. The highest BCUT2D eigenvalue weighted by Gasteiger charge is 2.26. The van der Waals surface area contributed by atoms with Gasteiger partial charge in [-0.25, -0.2) is 17.7 Å². The van der Waals surface area contributed by atoms with Crippen LogP contribution in [0.5, 0.6) is 0 Å². The van der Waals surface area contributed by atoms with E-state index < -0.39 is 10.0 Å². The van der Waals surface area contributed by atoms with Gasteiger partial charge >= 0.3 is 0 Å². The lowest BCUT2D eigenvalue weighted by molar-refractivity contribution is 0.183. The van der Waals surface area contributed by atoms with Crippen molar-refractivity contribution in [3.05, 3.63) is 28.2 Å². The number of anilines is 1. The molecule has 4 rings (SSSR count). The first-order valence-corrected chi connectivity index (χ1v) is 12.3. The van der Waals surface area contributed by atoms with Gasteiger partial charge in [-0.15, -0.1) is 0 Å². The number of pyridine rings is 1. The molecule has 2 fully saturated rings. The van der Waals surface area contributed by atoms with Crippen molar-refractivity contribution in [2.45, 2.75) is 57.2 Å². The smallest absolute Gasteiger partial charge is 0.258 e. The van der Waals surface area contributed by atoms with Gasteiger partial charge in [0.15, 0.2) is 0 Å². The molecule has 2 aliphatic rings. The van der Waals surface area contributed by atoms with Crippen LogP contribution < -0.4 is 10.9 Å². The van der Waals surface area contributed by atoms with E-state index in [1.165, 1.54) is 10.6 Å². The van der Waals surface area contributed by atoms with E-state index >= 15 is 0 Å². The van der Waals surface area contributed by atoms with Crippen molar-refractivity contribution < 1.29 is 13.2 Å². The van der Waals surface area contributed by atoms with Crippen LogP contribution in [-0.2, 0) is 21.4 Å². The molecule has 0 unspecified atom stereocenters. The molecule has 1 aliphatic heterocycles. The number of aromatic nitrogens is 3. The lowest BCUT2D eigenvalue weighted by Crippen LogP contribution is -2.42. The molecular formula is C20H29N5O4S. The van der Waals surface area contributed by atoms with Crippen LogP contribution in [0.2, 0.25) is 0 Å². The van der Waals surface area contributed by atoms with Gasteiger partial charge in [-0.1, -0.05) is 12.8 Å². The number of fused-ring (bicyclic) bond motifs is 1. The molecular weight excluding hydrogens is 406 g/mol. The molecule has 0 atom stereocenters. The molecule has 9 nitrogen and oxygen atoms in total. The van der Waals surface area contributed by atoms with E-state index in [4.69, 9.17) is 9.72 Å². The van der Waals surface area contributed by atoms with Gasteiger partial charge in [-0.2, -0.15) is 4.98 Å². The van der Waals surface area contributed by atoms with Gasteiger partial charge in [-0.05, 0) is 31.7 Å². The number of rotatable bonds is 6. The maximum atomic E-state index is 13.1. The van der Waals surface area contributed by atoms with Crippen molar-refractivity contribution in [1.29, 1.82) is 0 Å². The van der Waals surface area contributed by atoms with Crippen LogP contribution in [0, 0.1) is 0 Å². The highest BCUT2D eigenvalue weighted by Crippen LogP contribution is 2.31. The first kappa shape index (κ1) is 21.2. The summed E-state index contributed by atoms with van der Waals surface area (Å²) in [4.78, 5) is 22.3. The number of sulfonamides is 1. The van der Waals surface area contributed by atoms with Gasteiger partial charge in [0.05, 0.1) is 12.9 Å². The van der Waals surface area contributed by atoms with Crippen molar-refractivity contribution >= 4 is 27.0 Å². The largest absolute Gasteiger partial charge is 0.380 e. The number of hydrogen-bond acceptors (Lipinski definition) is 7. The van der Waals surface area contributed by atoms with Crippen LogP contribution in [0.4, 0.5) is 5.95 Å². The quantitative estimate of drug-likeness (QED) is 0.738. The Hall–Kier alpha value is -2.04. The second kappa shape index (κ2) is 8.60. The first-order chi connectivity index (χ1) is 14.4. The number of hydrogen-bond donors (Lipinski definition) is 1. The van der Waals surface area contributed by atoms with Crippen LogP contribution in [0.1, 0.15) is 50.1 Å². The Morgan fingerprint density at radius 3 is 2.53 bits per heavy atom. The van der Waals surface area contributed by atoms with Crippen LogP contribution in [0.25, 0.3) is 11.0 Å². The number of ether oxygens (including phenoxy) is 1. The van der Waals surface area contributed by atoms with E-state index in [9.17, 15) is 13.2 Å². The van der Waals surface area contributed by atoms with Gasteiger partial charge in [0, 0.05) is 49.4 Å². The maximum Gasteiger partial charge on any atom is 0.258 e. The zero-order chi connectivity index (χ0) is 21.3. The Labute approximate surface area is 176 Å². The van der Waals surface area contributed by atoms with Crippen molar-refractivity contribution in [3.8, 4) is 0 Å². The molecule has 3 heterocycles. The molecule has 30 heavy (non-hydrogen) atoms. The van der Waals surface area contributed by atoms with Crippen molar-refractivity contribution in [3.63, 3.8) is 0 Å². The van der Waals surface area contributed by atoms with E-state index in [1.807, 2.05) is 10.6 Å². The van der Waals surface area contributed by atoms with E-state index in [1.54, 1.807) is 13.3 Å². The highest BCUT2D eigenvalue weighted by molar-refractivity contribution is 7.88. The third kappa shape index (κ3) is 4.35. The summed E-state index contributed by atoms with van der Waals surface area (Å²) in [6, 6.07) is 2.07. The number of nitrogens with one attached hydrogen (secondary N) is 1. The summed E-state index contributed by atoms with van der Waals surface area (Å²) in [7, 11) is -1.57. The summed E-state index contributed by atoms with van der Waals surface area (Å²) < 4.78 is 32.0. The summed E-state index contributed by atoms with van der Waals surface area (Å²) in [5.74, 6) is 0.478. The lowest BCUT2D eigenvalue weighted by atomic mass is 10.1. The van der Waals surface area contributed by atoms with Crippen LogP contribution in [-0.4, -0.2) is 59.8 Å². The molecule has 1 saturated heterocycles. The molecule has 2 aromatic heterocycles. The second-order valence-electron chi connectivity index (χ2n) is 8.27. The zero-order valence-corrected chi connectivity index (χ0v) is 18.3. The Morgan fingerprint density at radius 2 is 1.90 bits per heavy atom. The average molecular weight is 436 g/mol.